The molecule has 4 amide bonds. The van der Waals surface area contributed by atoms with Gasteiger partial charge in [0.25, 0.3) is 0 Å². The van der Waals surface area contributed by atoms with E-state index in [1.807, 2.05) is 96.2 Å². The zero-order valence-electron chi connectivity index (χ0n) is 43.4. The Hall–Kier alpha value is -5.58. The average molecular weight is 1040 g/mol. The lowest BCUT2D eigenvalue weighted by Crippen LogP contribution is -2.66. The predicted octanol–water partition coefficient (Wildman–Crippen LogP) is 9.19. The largest absolute Gasteiger partial charge is 0.455 e. The van der Waals surface area contributed by atoms with Crippen LogP contribution in [0, 0.1) is 5.92 Å². The maximum Gasteiger partial charge on any atom is 0.247 e. The number of nitrogens with zero attached hydrogens (tertiary/aromatic N) is 7. The van der Waals surface area contributed by atoms with Crippen molar-refractivity contribution in [3.8, 4) is 22.9 Å². The fourth-order valence-corrected chi connectivity index (χ4v) is 10.7. The molecule has 2 aliphatic heterocycles. The molecule has 2 aromatic heterocycles. The van der Waals surface area contributed by atoms with Gasteiger partial charge in [0, 0.05) is 49.2 Å². The topological polar surface area (TPSA) is 142 Å². The summed E-state index contributed by atoms with van der Waals surface area (Å²) in [5.41, 5.74) is 3.09. The maximum atomic E-state index is 15.3. The summed E-state index contributed by atoms with van der Waals surface area (Å²) in [5.74, 6) is -0.616. The lowest BCUT2D eigenvalue weighted by molar-refractivity contribution is -0.152. The standard InChI is InChI=1S/C55H70Cl2N8O6Si/c1-37-51(67)60-46(35-70-72(9,10)54(2,3)4)53(69)63(8)55(30-39-17-20-42(56)21-18-39)25-14-26-64(36-55)52(68)41(27-38-15-12-11-13-16-38)28-50(66)65(37)33-40-19-22-43(57)29-48(40)71-44-23-24-45(58-31-44)47-32-59-49(62(47)7)34-61(5)6/h11-13,15-24,29,31-32,37,41,46H,14,25-28,30,33-36H2,1-10H3,(H,60,67)/t37-,41+,46-,55+/m0/s1. The molecule has 0 spiro atoms. The molecule has 72 heavy (non-hydrogen) atoms. The molecule has 1 N–H and O–H groups in total. The van der Waals surface area contributed by atoms with E-state index in [-0.39, 0.29) is 49.4 Å². The van der Waals surface area contributed by atoms with Gasteiger partial charge in [-0.25, -0.2) is 4.98 Å². The van der Waals surface area contributed by atoms with E-state index in [1.165, 1.54) is 4.90 Å². The molecule has 3 aromatic carbocycles. The van der Waals surface area contributed by atoms with Crippen LogP contribution >= 0.6 is 23.2 Å². The Morgan fingerprint density at radius 3 is 2.25 bits per heavy atom. The molecule has 7 rings (SSSR count). The SMILES string of the molecule is C[C@H]1C(=O)N[C@@H](CO[Si](C)(C)C(C)(C)C)C(=O)N(C)[C@@]2(Cc3ccc(Cl)cc3)CCCN(C2)C(=O)[C@H](Cc2ccccc2)CC(=O)N1Cc1ccc(Cl)cc1Oc1ccc(-c2cnc(CN(C)C)n2C)nc1. The number of likely N-dealkylation sites (N-methyl/N-ethyl adjacent to an activating group) is 1. The lowest BCUT2D eigenvalue weighted by atomic mass is 9.80. The molecule has 0 aliphatic carbocycles. The van der Waals surface area contributed by atoms with E-state index in [0.717, 1.165) is 22.6 Å². The third-order valence-corrected chi connectivity index (χ3v) is 19.8. The van der Waals surface area contributed by atoms with Gasteiger partial charge >= 0.3 is 0 Å². The molecular weight excluding hydrogens is 968 g/mol. The number of piperidine rings is 1. The fraction of sp³-hybridized carbons (Fsp3) is 0.455. The van der Waals surface area contributed by atoms with E-state index >= 15 is 14.4 Å². The first-order chi connectivity index (χ1) is 34.0. The molecule has 0 saturated carbocycles. The van der Waals surface area contributed by atoms with Crippen LogP contribution in [-0.4, -0.2) is 125 Å². The molecule has 5 aromatic rings. The number of imidazole rings is 1. The quantitative estimate of drug-likeness (QED) is 0.108. The van der Waals surface area contributed by atoms with Crippen LogP contribution in [0.5, 0.6) is 11.5 Å². The van der Waals surface area contributed by atoms with Crippen molar-refractivity contribution >= 4 is 55.1 Å². The van der Waals surface area contributed by atoms with Crippen LogP contribution in [0.2, 0.25) is 28.2 Å². The Kier molecular flexibility index (Phi) is 17.1. The summed E-state index contributed by atoms with van der Waals surface area (Å²) < 4.78 is 15.2. The highest BCUT2D eigenvalue weighted by molar-refractivity contribution is 6.74. The van der Waals surface area contributed by atoms with E-state index in [0.29, 0.717) is 65.2 Å². The number of halogens is 2. The first-order valence-corrected chi connectivity index (χ1v) is 28.4. The second kappa shape index (κ2) is 22.7. The number of nitrogens with one attached hydrogen (secondary N) is 1. The summed E-state index contributed by atoms with van der Waals surface area (Å²) in [7, 11) is 5.25. The average Bonchev–Trinajstić information content (AvgIpc) is 3.70. The number of benzene rings is 3. The number of ether oxygens (including phenoxy) is 1. The van der Waals surface area contributed by atoms with Crippen molar-refractivity contribution in [2.45, 2.75) is 109 Å². The van der Waals surface area contributed by atoms with Gasteiger partial charge in [0.15, 0.2) is 8.32 Å². The molecule has 14 nitrogen and oxygen atoms in total. The Bertz CT molecular complexity index is 2710. The summed E-state index contributed by atoms with van der Waals surface area (Å²) in [6.07, 6.45) is 5.17. The molecule has 0 unspecified atom stereocenters. The molecule has 2 aliphatic rings. The van der Waals surface area contributed by atoms with Crippen molar-refractivity contribution in [1.29, 1.82) is 0 Å². The molecule has 0 radical (unpaired) electrons. The Morgan fingerprint density at radius 2 is 1.58 bits per heavy atom. The smallest absolute Gasteiger partial charge is 0.247 e. The summed E-state index contributed by atoms with van der Waals surface area (Å²) >= 11 is 13.0. The number of aromatic nitrogens is 3. The van der Waals surface area contributed by atoms with Crippen LogP contribution in [-0.2, 0) is 56.6 Å². The van der Waals surface area contributed by atoms with E-state index in [1.54, 1.807) is 55.5 Å². The minimum absolute atomic E-state index is 0.0786. The van der Waals surface area contributed by atoms with Crippen molar-refractivity contribution in [3.05, 3.63) is 130 Å². The van der Waals surface area contributed by atoms with Crippen LogP contribution in [0.4, 0.5) is 0 Å². The minimum Gasteiger partial charge on any atom is -0.455 e. The second-order valence-electron chi connectivity index (χ2n) is 21.3. The molecular formula is C55H70Cl2N8O6Si. The first kappa shape index (κ1) is 54.2. The highest BCUT2D eigenvalue weighted by Gasteiger charge is 2.47. The van der Waals surface area contributed by atoms with Crippen molar-refractivity contribution in [2.24, 2.45) is 13.0 Å². The highest BCUT2D eigenvalue weighted by atomic mass is 35.5. The van der Waals surface area contributed by atoms with Crippen LogP contribution in [0.15, 0.2) is 97.3 Å². The zero-order chi connectivity index (χ0) is 52.1. The van der Waals surface area contributed by atoms with Crippen LogP contribution in [0.25, 0.3) is 11.4 Å². The van der Waals surface area contributed by atoms with Gasteiger partial charge in [0.05, 0.1) is 54.9 Å². The van der Waals surface area contributed by atoms with Gasteiger partial charge in [-0.1, -0.05) is 92.5 Å². The number of carbonyl (C=O) groups is 4. The molecule has 384 valence electrons. The van der Waals surface area contributed by atoms with Crippen molar-refractivity contribution in [2.75, 3.05) is 40.8 Å². The van der Waals surface area contributed by atoms with Gasteiger partial charge in [0.1, 0.15) is 29.4 Å². The molecule has 4 heterocycles. The Morgan fingerprint density at radius 1 is 0.875 bits per heavy atom. The van der Waals surface area contributed by atoms with E-state index in [4.69, 9.17) is 37.3 Å². The van der Waals surface area contributed by atoms with Gasteiger partial charge in [-0.15, -0.1) is 0 Å². The van der Waals surface area contributed by atoms with Crippen molar-refractivity contribution in [1.82, 2.24) is 39.5 Å². The number of rotatable bonds is 14. The van der Waals surface area contributed by atoms with E-state index < -0.39 is 43.7 Å². The number of hydrogen-bond acceptors (Lipinski definition) is 9. The Labute approximate surface area is 436 Å². The van der Waals surface area contributed by atoms with E-state index in [2.05, 4.69) is 44.2 Å². The number of hydrogen-bond donors (Lipinski definition) is 1. The molecule has 2 saturated heterocycles. The molecule has 2 bridgehead atoms. The minimum atomic E-state index is -2.46. The van der Waals surface area contributed by atoms with Gasteiger partial charge in [-0.2, -0.15) is 0 Å². The van der Waals surface area contributed by atoms with Crippen molar-refractivity contribution < 1.29 is 28.3 Å². The normalized spacial score (nSPS) is 20.7. The summed E-state index contributed by atoms with van der Waals surface area (Å²) in [5, 5.41) is 3.89. The maximum absolute atomic E-state index is 15.3. The van der Waals surface area contributed by atoms with Gasteiger partial charge in [0.2, 0.25) is 23.6 Å². The van der Waals surface area contributed by atoms with Crippen LogP contribution < -0.4 is 10.1 Å². The van der Waals surface area contributed by atoms with Crippen LogP contribution in [0.1, 0.15) is 69.5 Å². The van der Waals surface area contributed by atoms with Gasteiger partial charge in [-0.05, 0) is 112 Å². The summed E-state index contributed by atoms with van der Waals surface area (Å²) in [4.78, 5) is 77.1. The third kappa shape index (κ3) is 12.8. The van der Waals surface area contributed by atoms with Gasteiger partial charge < -0.3 is 38.6 Å². The molecule has 2 fully saturated rings. The zero-order valence-corrected chi connectivity index (χ0v) is 45.9. The second-order valence-corrected chi connectivity index (χ2v) is 27.0. The monoisotopic (exact) mass is 1040 g/mol. The summed E-state index contributed by atoms with van der Waals surface area (Å²) in [6, 6.07) is 23.8. The number of fused-ring (bicyclic) bond motifs is 2. The first-order valence-electron chi connectivity index (χ1n) is 24.7. The summed E-state index contributed by atoms with van der Waals surface area (Å²) in [6.45, 7) is 13.4. The highest BCUT2D eigenvalue weighted by Crippen LogP contribution is 2.38. The fourth-order valence-electron chi connectivity index (χ4n) is 9.35. The number of pyridine rings is 1. The van der Waals surface area contributed by atoms with Gasteiger partial charge in [-0.3, -0.25) is 24.2 Å². The van der Waals surface area contributed by atoms with Crippen molar-refractivity contribution in [3.63, 3.8) is 0 Å². The Balaban J connectivity index is 1.27. The lowest BCUT2D eigenvalue weighted by Gasteiger charge is -2.50. The predicted molar refractivity (Wildman–Crippen MR) is 285 cm³/mol. The molecule has 17 heteroatoms. The molecule has 4 atom stereocenters. The van der Waals surface area contributed by atoms with Crippen LogP contribution in [0.3, 0.4) is 0 Å². The number of carbonyl (C=O) groups excluding carboxylic acids is 4. The number of amides is 4. The third-order valence-electron chi connectivity index (χ3n) is 14.8. The van der Waals surface area contributed by atoms with E-state index in [9.17, 15) is 4.79 Å².